The Morgan fingerprint density at radius 1 is 1.56 bits per heavy atom. The van der Waals surface area contributed by atoms with Crippen LogP contribution in [-0.4, -0.2) is 25.3 Å². The summed E-state index contributed by atoms with van der Waals surface area (Å²) >= 11 is 0. The number of ether oxygens (including phenoxy) is 1. The Bertz CT molecular complexity index is 406. The van der Waals surface area contributed by atoms with Crippen molar-refractivity contribution in [2.75, 3.05) is 7.05 Å². The lowest BCUT2D eigenvalue weighted by Crippen LogP contribution is -2.33. The fourth-order valence-electron chi connectivity index (χ4n) is 1.13. The minimum absolute atomic E-state index is 0.0540. The molecular formula is C11H12FNO3. The summed E-state index contributed by atoms with van der Waals surface area (Å²) in [6, 6.07) is 3.79. The number of benzene rings is 1. The third-order valence-electron chi connectivity index (χ3n) is 2.01. The van der Waals surface area contributed by atoms with E-state index in [1.165, 1.54) is 26.1 Å². The topological polar surface area (TPSA) is 55.4 Å². The summed E-state index contributed by atoms with van der Waals surface area (Å²) in [5, 5.41) is 2.38. The molecule has 1 N–H and O–H groups in total. The van der Waals surface area contributed by atoms with Crippen molar-refractivity contribution in [2.45, 2.75) is 13.0 Å². The van der Waals surface area contributed by atoms with Crippen molar-refractivity contribution in [1.29, 1.82) is 0 Å². The highest BCUT2D eigenvalue weighted by Crippen LogP contribution is 2.18. The van der Waals surface area contributed by atoms with E-state index in [9.17, 15) is 14.0 Å². The zero-order valence-corrected chi connectivity index (χ0v) is 8.99. The van der Waals surface area contributed by atoms with Gasteiger partial charge in [0, 0.05) is 12.6 Å². The number of aldehydes is 1. The van der Waals surface area contributed by atoms with E-state index in [0.717, 1.165) is 6.07 Å². The first-order valence-electron chi connectivity index (χ1n) is 4.71. The lowest BCUT2D eigenvalue weighted by molar-refractivity contribution is -0.126. The van der Waals surface area contributed by atoms with E-state index in [4.69, 9.17) is 4.74 Å². The van der Waals surface area contributed by atoms with Gasteiger partial charge in [0.15, 0.2) is 17.7 Å². The number of nitrogens with one attached hydrogen (secondary N) is 1. The van der Waals surface area contributed by atoms with Crippen molar-refractivity contribution in [2.24, 2.45) is 0 Å². The lowest BCUT2D eigenvalue weighted by Gasteiger charge is -2.13. The molecule has 5 heteroatoms. The predicted octanol–water partition coefficient (Wildman–Crippen LogP) is 1.15. The molecule has 0 saturated carbocycles. The minimum atomic E-state index is -0.790. The molecule has 1 aromatic carbocycles. The second-order valence-electron chi connectivity index (χ2n) is 3.18. The first kappa shape index (κ1) is 12.2. The van der Waals surface area contributed by atoms with Crippen LogP contribution in [0.15, 0.2) is 18.2 Å². The Balaban J connectivity index is 2.82. The molecule has 0 heterocycles. The van der Waals surface area contributed by atoms with Gasteiger partial charge in [-0.05, 0) is 25.1 Å². The number of rotatable bonds is 4. The third-order valence-corrected chi connectivity index (χ3v) is 2.01. The van der Waals surface area contributed by atoms with Crippen molar-refractivity contribution < 1.29 is 18.7 Å². The number of halogens is 1. The Morgan fingerprint density at radius 2 is 2.25 bits per heavy atom. The highest BCUT2D eigenvalue weighted by atomic mass is 19.1. The first-order chi connectivity index (χ1) is 7.58. The number of amides is 1. The third kappa shape index (κ3) is 2.79. The first-order valence-corrected chi connectivity index (χ1v) is 4.71. The van der Waals surface area contributed by atoms with E-state index in [2.05, 4.69) is 5.32 Å². The maximum atomic E-state index is 13.3. The van der Waals surface area contributed by atoms with Crippen LogP contribution in [0.3, 0.4) is 0 Å². The second-order valence-corrected chi connectivity index (χ2v) is 3.18. The summed E-state index contributed by atoms with van der Waals surface area (Å²) in [4.78, 5) is 21.5. The van der Waals surface area contributed by atoms with Crippen LogP contribution in [0.5, 0.6) is 5.75 Å². The van der Waals surface area contributed by atoms with Gasteiger partial charge in [0.1, 0.15) is 6.29 Å². The standard InChI is InChI=1S/C11H12FNO3/c1-7(11(15)13-2)16-10-4-3-8(6-14)5-9(10)12/h3-7H,1-2H3,(H,13,15). The lowest BCUT2D eigenvalue weighted by atomic mass is 10.2. The molecule has 1 atom stereocenters. The van der Waals surface area contributed by atoms with E-state index >= 15 is 0 Å². The summed E-state index contributed by atoms with van der Waals surface area (Å²) in [5.74, 6) is -1.07. The Kier molecular flexibility index (Phi) is 3.99. The van der Waals surface area contributed by atoms with E-state index in [1.54, 1.807) is 0 Å². The molecule has 86 valence electrons. The monoisotopic (exact) mass is 225 g/mol. The van der Waals surface area contributed by atoms with Gasteiger partial charge in [0.05, 0.1) is 0 Å². The van der Waals surface area contributed by atoms with E-state index < -0.39 is 11.9 Å². The van der Waals surface area contributed by atoms with Crippen molar-refractivity contribution in [3.63, 3.8) is 0 Å². The van der Waals surface area contributed by atoms with Gasteiger partial charge in [0.2, 0.25) is 0 Å². The Labute approximate surface area is 92.4 Å². The predicted molar refractivity (Wildman–Crippen MR) is 55.9 cm³/mol. The molecular weight excluding hydrogens is 213 g/mol. The van der Waals surface area contributed by atoms with Gasteiger partial charge in [-0.25, -0.2) is 4.39 Å². The van der Waals surface area contributed by atoms with E-state index in [1.807, 2.05) is 0 Å². The molecule has 0 fully saturated rings. The summed E-state index contributed by atoms with van der Waals surface area (Å²) in [6.07, 6.45) is -0.253. The largest absolute Gasteiger partial charge is 0.478 e. The normalized spacial score (nSPS) is 11.7. The summed E-state index contributed by atoms with van der Waals surface area (Å²) in [5.41, 5.74) is 0.220. The highest BCUT2D eigenvalue weighted by Gasteiger charge is 2.14. The molecule has 0 aromatic heterocycles. The van der Waals surface area contributed by atoms with Gasteiger partial charge in [0.25, 0.3) is 5.91 Å². The molecule has 1 unspecified atom stereocenters. The number of likely N-dealkylation sites (N-methyl/N-ethyl adjacent to an activating group) is 1. The van der Waals surface area contributed by atoms with Crippen molar-refractivity contribution in [3.8, 4) is 5.75 Å². The highest BCUT2D eigenvalue weighted by molar-refractivity contribution is 5.80. The van der Waals surface area contributed by atoms with Crippen LogP contribution in [0, 0.1) is 5.82 Å². The fraction of sp³-hybridized carbons (Fsp3) is 0.273. The van der Waals surface area contributed by atoms with Crippen molar-refractivity contribution in [1.82, 2.24) is 5.32 Å². The van der Waals surface area contributed by atoms with Gasteiger partial charge < -0.3 is 10.1 Å². The molecule has 0 bridgehead atoms. The molecule has 0 aliphatic carbocycles. The number of hydrogen-bond donors (Lipinski definition) is 1. The van der Waals surface area contributed by atoms with Gasteiger partial charge in [-0.1, -0.05) is 0 Å². The molecule has 0 aliphatic heterocycles. The van der Waals surface area contributed by atoms with E-state index in [-0.39, 0.29) is 17.2 Å². The van der Waals surface area contributed by atoms with Crippen LogP contribution < -0.4 is 10.1 Å². The van der Waals surface area contributed by atoms with Crippen molar-refractivity contribution in [3.05, 3.63) is 29.6 Å². The summed E-state index contributed by atoms with van der Waals surface area (Å²) in [7, 11) is 1.47. The number of carbonyl (C=O) groups excluding carboxylic acids is 2. The zero-order chi connectivity index (χ0) is 12.1. The van der Waals surface area contributed by atoms with Crippen LogP contribution in [0.2, 0.25) is 0 Å². The molecule has 4 nitrogen and oxygen atoms in total. The Morgan fingerprint density at radius 3 is 2.75 bits per heavy atom. The summed E-state index contributed by atoms with van der Waals surface area (Å²) in [6.45, 7) is 1.51. The molecule has 0 aliphatic rings. The smallest absolute Gasteiger partial charge is 0.260 e. The van der Waals surface area contributed by atoms with Gasteiger partial charge in [-0.2, -0.15) is 0 Å². The van der Waals surface area contributed by atoms with Crippen LogP contribution in [0.4, 0.5) is 4.39 Å². The van der Waals surface area contributed by atoms with Gasteiger partial charge >= 0.3 is 0 Å². The van der Waals surface area contributed by atoms with Crippen LogP contribution in [0.1, 0.15) is 17.3 Å². The molecule has 1 aromatic rings. The van der Waals surface area contributed by atoms with E-state index in [0.29, 0.717) is 6.29 Å². The van der Waals surface area contributed by atoms with Crippen LogP contribution in [-0.2, 0) is 4.79 Å². The Hall–Kier alpha value is -1.91. The average Bonchev–Trinajstić information content (AvgIpc) is 2.30. The molecule has 1 amide bonds. The molecule has 0 radical (unpaired) electrons. The number of hydrogen-bond acceptors (Lipinski definition) is 3. The summed E-state index contributed by atoms with van der Waals surface area (Å²) < 4.78 is 18.4. The quantitative estimate of drug-likeness (QED) is 0.782. The maximum absolute atomic E-state index is 13.3. The maximum Gasteiger partial charge on any atom is 0.260 e. The molecule has 0 saturated heterocycles. The van der Waals surface area contributed by atoms with Crippen LogP contribution in [0.25, 0.3) is 0 Å². The molecule has 0 spiro atoms. The zero-order valence-electron chi connectivity index (χ0n) is 8.99. The van der Waals surface area contributed by atoms with Crippen molar-refractivity contribution >= 4 is 12.2 Å². The van der Waals surface area contributed by atoms with Gasteiger partial charge in [-0.15, -0.1) is 0 Å². The van der Waals surface area contributed by atoms with Crippen LogP contribution >= 0.6 is 0 Å². The fourth-order valence-corrected chi connectivity index (χ4v) is 1.13. The van der Waals surface area contributed by atoms with Gasteiger partial charge in [-0.3, -0.25) is 9.59 Å². The SMILES string of the molecule is CNC(=O)C(C)Oc1ccc(C=O)cc1F. The molecule has 16 heavy (non-hydrogen) atoms. The number of carbonyl (C=O) groups is 2. The minimum Gasteiger partial charge on any atom is -0.478 e. The second kappa shape index (κ2) is 5.25. The average molecular weight is 225 g/mol. The molecule has 1 rings (SSSR count).